The third kappa shape index (κ3) is 4.10. The van der Waals surface area contributed by atoms with Crippen LogP contribution in [0.5, 0.6) is 5.75 Å². The van der Waals surface area contributed by atoms with Gasteiger partial charge < -0.3 is 9.63 Å². The first-order valence-corrected chi connectivity index (χ1v) is 10.8. The number of rotatable bonds is 6. The smallest absolute Gasteiger partial charge is 0.237 e. The molecule has 1 N–H and O–H groups in total. The van der Waals surface area contributed by atoms with E-state index >= 15 is 0 Å². The zero-order chi connectivity index (χ0) is 21.9. The highest BCUT2D eigenvalue weighted by molar-refractivity contribution is 7.98. The maximum Gasteiger partial charge on any atom is 0.237 e. The summed E-state index contributed by atoms with van der Waals surface area (Å²) >= 11 is 1.44. The highest BCUT2D eigenvalue weighted by Crippen LogP contribution is 2.30. The van der Waals surface area contributed by atoms with Crippen molar-refractivity contribution < 1.29 is 9.63 Å². The summed E-state index contributed by atoms with van der Waals surface area (Å²) in [5, 5.41) is 23.2. The van der Waals surface area contributed by atoms with Crippen molar-refractivity contribution in [3.63, 3.8) is 0 Å². The van der Waals surface area contributed by atoms with Crippen LogP contribution in [0, 0.1) is 6.92 Å². The minimum absolute atomic E-state index is 0.191. The zero-order valence-corrected chi connectivity index (χ0v) is 17.9. The van der Waals surface area contributed by atoms with Crippen molar-refractivity contribution in [3.8, 4) is 34.2 Å². The predicted molar refractivity (Wildman–Crippen MR) is 120 cm³/mol. The van der Waals surface area contributed by atoms with Crippen LogP contribution in [0.1, 0.15) is 11.5 Å². The van der Waals surface area contributed by atoms with E-state index in [2.05, 4.69) is 25.3 Å². The lowest BCUT2D eigenvalue weighted by atomic mass is 10.1. The number of phenolic OH excluding ortho intramolecular Hbond substituents is 1. The fourth-order valence-corrected chi connectivity index (χ4v) is 3.93. The second-order valence-electron chi connectivity index (χ2n) is 7.06. The van der Waals surface area contributed by atoms with Gasteiger partial charge in [0.2, 0.25) is 11.7 Å². The first kappa shape index (κ1) is 20.0. The second-order valence-corrected chi connectivity index (χ2v) is 8.00. The molecule has 3 aromatic heterocycles. The van der Waals surface area contributed by atoms with Crippen LogP contribution in [-0.2, 0) is 5.75 Å². The Balaban J connectivity index is 1.43. The van der Waals surface area contributed by atoms with Gasteiger partial charge in [-0.3, -0.25) is 9.55 Å². The second kappa shape index (κ2) is 8.64. The molecule has 0 bridgehead atoms. The number of phenols is 1. The third-order valence-corrected chi connectivity index (χ3v) is 5.70. The van der Waals surface area contributed by atoms with E-state index in [1.807, 2.05) is 60.0 Å². The molecule has 0 aliphatic carbocycles. The number of nitrogens with zero attached hydrogens (tertiary/aromatic N) is 6. The maximum absolute atomic E-state index is 9.69. The normalized spacial score (nSPS) is 11.0. The van der Waals surface area contributed by atoms with Crippen molar-refractivity contribution in [1.82, 2.24) is 29.9 Å². The molecule has 0 spiro atoms. The Morgan fingerprint density at radius 2 is 1.66 bits per heavy atom. The molecule has 5 aromatic rings. The minimum atomic E-state index is 0.191. The Labute approximate surface area is 188 Å². The van der Waals surface area contributed by atoms with Crippen molar-refractivity contribution >= 4 is 11.8 Å². The zero-order valence-electron chi connectivity index (χ0n) is 17.1. The summed E-state index contributed by atoms with van der Waals surface area (Å²) in [7, 11) is 0. The number of benzene rings is 2. The molecule has 0 aliphatic rings. The minimum Gasteiger partial charge on any atom is -0.508 e. The molecule has 0 fully saturated rings. The van der Waals surface area contributed by atoms with Gasteiger partial charge in [-0.05, 0) is 43.3 Å². The largest absolute Gasteiger partial charge is 0.508 e. The number of hydrogen-bond acceptors (Lipinski definition) is 8. The summed E-state index contributed by atoms with van der Waals surface area (Å²) in [4.78, 5) is 8.58. The van der Waals surface area contributed by atoms with Crippen LogP contribution in [0.25, 0.3) is 28.5 Å². The fourth-order valence-electron chi connectivity index (χ4n) is 3.15. The number of aromatic hydroxyl groups is 1. The third-order valence-electron chi connectivity index (χ3n) is 4.78. The molecule has 8 nitrogen and oxygen atoms in total. The SMILES string of the molecule is Cc1ccc(-c2noc(CSc3nnc(-c4ccncc4)n3-c3ccc(O)cc3)n2)cc1. The number of pyridine rings is 1. The standard InChI is InChI=1S/C23H18N6O2S/c1-15-2-4-16(5-3-15)21-25-20(31-28-21)14-32-23-27-26-22(17-10-12-24-13-11-17)29(23)18-6-8-19(30)9-7-18/h2-13,30H,14H2,1H3. The van der Waals surface area contributed by atoms with E-state index in [-0.39, 0.29) is 5.75 Å². The molecular formula is C23H18N6O2S. The molecule has 0 saturated carbocycles. The van der Waals surface area contributed by atoms with Gasteiger partial charge in [0.15, 0.2) is 11.0 Å². The number of aryl methyl sites for hydroxylation is 1. The van der Waals surface area contributed by atoms with Crippen molar-refractivity contribution in [1.29, 1.82) is 0 Å². The van der Waals surface area contributed by atoms with Crippen LogP contribution >= 0.6 is 11.8 Å². The van der Waals surface area contributed by atoms with Crippen LogP contribution in [0.4, 0.5) is 0 Å². The highest BCUT2D eigenvalue weighted by atomic mass is 32.2. The van der Waals surface area contributed by atoms with Gasteiger partial charge >= 0.3 is 0 Å². The van der Waals surface area contributed by atoms with Crippen LogP contribution in [0.3, 0.4) is 0 Å². The monoisotopic (exact) mass is 442 g/mol. The van der Waals surface area contributed by atoms with E-state index < -0.39 is 0 Å². The van der Waals surface area contributed by atoms with Gasteiger partial charge in [0.1, 0.15) is 5.75 Å². The highest BCUT2D eigenvalue weighted by Gasteiger charge is 2.18. The van der Waals surface area contributed by atoms with E-state index in [0.717, 1.165) is 16.8 Å². The molecule has 3 heterocycles. The van der Waals surface area contributed by atoms with E-state index in [9.17, 15) is 5.11 Å². The molecule has 0 radical (unpaired) electrons. The lowest BCUT2D eigenvalue weighted by Gasteiger charge is -2.10. The first-order valence-electron chi connectivity index (χ1n) is 9.85. The predicted octanol–water partition coefficient (Wildman–Crippen LogP) is 4.69. The van der Waals surface area contributed by atoms with Gasteiger partial charge in [0.05, 0.1) is 5.75 Å². The van der Waals surface area contributed by atoms with Crippen LogP contribution in [0.2, 0.25) is 0 Å². The number of thioether (sulfide) groups is 1. The average Bonchev–Trinajstić information content (AvgIpc) is 3.47. The Morgan fingerprint density at radius 3 is 2.41 bits per heavy atom. The lowest BCUT2D eigenvalue weighted by molar-refractivity contribution is 0.391. The van der Waals surface area contributed by atoms with E-state index in [1.165, 1.54) is 17.3 Å². The van der Waals surface area contributed by atoms with E-state index in [4.69, 9.17) is 4.52 Å². The van der Waals surface area contributed by atoms with Crippen LogP contribution in [0.15, 0.2) is 82.7 Å². The van der Waals surface area contributed by atoms with E-state index in [1.54, 1.807) is 24.5 Å². The van der Waals surface area contributed by atoms with Gasteiger partial charge in [0, 0.05) is 29.2 Å². The topological polar surface area (TPSA) is 103 Å². The van der Waals surface area contributed by atoms with Crippen molar-refractivity contribution in [2.75, 3.05) is 0 Å². The van der Waals surface area contributed by atoms with Crippen LogP contribution < -0.4 is 0 Å². The molecule has 5 rings (SSSR count). The Bertz CT molecular complexity index is 1330. The first-order chi connectivity index (χ1) is 15.7. The maximum atomic E-state index is 9.69. The fraction of sp³-hybridized carbons (Fsp3) is 0.0870. The van der Waals surface area contributed by atoms with Crippen molar-refractivity contribution in [3.05, 3.63) is 84.5 Å². The van der Waals surface area contributed by atoms with Crippen molar-refractivity contribution in [2.24, 2.45) is 0 Å². The Kier molecular flexibility index (Phi) is 5.39. The van der Waals surface area contributed by atoms with Crippen LogP contribution in [-0.4, -0.2) is 35.0 Å². The molecule has 0 amide bonds. The lowest BCUT2D eigenvalue weighted by Crippen LogP contribution is -1.99. The summed E-state index contributed by atoms with van der Waals surface area (Å²) < 4.78 is 7.37. The molecule has 0 unspecified atom stereocenters. The number of aromatic nitrogens is 6. The molecule has 0 aliphatic heterocycles. The number of hydrogen-bond donors (Lipinski definition) is 1. The van der Waals surface area contributed by atoms with Gasteiger partial charge in [-0.2, -0.15) is 4.98 Å². The molecule has 32 heavy (non-hydrogen) atoms. The molecular weight excluding hydrogens is 424 g/mol. The Hall–Kier alpha value is -3.98. The summed E-state index contributed by atoms with van der Waals surface area (Å²) in [6.07, 6.45) is 3.42. The molecule has 158 valence electrons. The van der Waals surface area contributed by atoms with Gasteiger partial charge in [-0.25, -0.2) is 0 Å². The van der Waals surface area contributed by atoms with Gasteiger partial charge in [-0.15, -0.1) is 10.2 Å². The molecule has 0 saturated heterocycles. The van der Waals surface area contributed by atoms with Gasteiger partial charge in [-0.1, -0.05) is 46.7 Å². The summed E-state index contributed by atoms with van der Waals surface area (Å²) in [5.74, 6) is 2.35. The summed E-state index contributed by atoms with van der Waals surface area (Å²) in [6.45, 7) is 2.03. The van der Waals surface area contributed by atoms with Crippen molar-refractivity contribution in [2.45, 2.75) is 17.8 Å². The molecule has 0 atom stereocenters. The van der Waals surface area contributed by atoms with E-state index in [0.29, 0.717) is 28.4 Å². The average molecular weight is 443 g/mol. The quantitative estimate of drug-likeness (QED) is 0.378. The Morgan fingerprint density at radius 1 is 0.906 bits per heavy atom. The summed E-state index contributed by atoms with van der Waals surface area (Å²) in [5.41, 5.74) is 3.79. The summed E-state index contributed by atoms with van der Waals surface area (Å²) in [6, 6.07) is 18.6. The molecule has 2 aromatic carbocycles. The van der Waals surface area contributed by atoms with Gasteiger partial charge in [0.25, 0.3) is 0 Å². The molecule has 9 heteroatoms.